The molecule has 0 radical (unpaired) electrons. The second-order valence-electron chi connectivity index (χ2n) is 8.92. The summed E-state index contributed by atoms with van der Waals surface area (Å²) < 4.78 is 49.4. The topological polar surface area (TPSA) is 72.1 Å². The molecule has 1 saturated carbocycles. The Balaban J connectivity index is 0.000000339. The number of ether oxygens (including phenoxy) is 2. The van der Waals surface area contributed by atoms with Crippen LogP contribution in [-0.4, -0.2) is 61.2 Å². The van der Waals surface area contributed by atoms with Crippen molar-refractivity contribution in [3.05, 3.63) is 24.2 Å². The maximum absolute atomic E-state index is 10.6. The van der Waals surface area contributed by atoms with Gasteiger partial charge in [-0.15, -0.1) is 0 Å². The number of likely N-dealkylation sites (tertiary alicyclic amines) is 1. The Labute approximate surface area is 180 Å². The van der Waals surface area contributed by atoms with Gasteiger partial charge in [-0.1, -0.05) is 12.8 Å². The van der Waals surface area contributed by atoms with Crippen LogP contribution in [0.15, 0.2) is 23.0 Å². The third-order valence-electron chi connectivity index (χ3n) is 6.51. The lowest BCUT2D eigenvalue weighted by Gasteiger charge is -2.50. The number of hydrogen-bond donors (Lipinski definition) is 1. The Morgan fingerprint density at radius 3 is 2.65 bits per heavy atom. The van der Waals surface area contributed by atoms with E-state index < -0.39 is 12.1 Å². The number of carbonyl (C=O) groups is 1. The standard InChI is InChI=1S/C20H31NO3.C2HF3O2/c1-2-5-17(4-1)13-23-16-20-8-3-10-24-19(20)6-9-21(15-20)12-18-7-11-22-14-18;3-2(4,5)1(6)7/h7,11,14,17,19H,1-6,8-10,12-13,15-16H2;(H,6,7). The van der Waals surface area contributed by atoms with Gasteiger partial charge in [0.25, 0.3) is 0 Å². The van der Waals surface area contributed by atoms with Gasteiger partial charge < -0.3 is 19.0 Å². The number of carboxylic acid groups (broad SMARTS) is 1. The van der Waals surface area contributed by atoms with Gasteiger partial charge in [0.2, 0.25) is 0 Å². The van der Waals surface area contributed by atoms with Crippen molar-refractivity contribution in [2.24, 2.45) is 11.3 Å². The molecule has 3 fully saturated rings. The van der Waals surface area contributed by atoms with Crippen LogP contribution in [-0.2, 0) is 20.8 Å². The zero-order chi connectivity index (χ0) is 22.3. The lowest BCUT2D eigenvalue weighted by atomic mass is 9.73. The number of alkyl halides is 3. The minimum Gasteiger partial charge on any atom is -0.475 e. The van der Waals surface area contributed by atoms with Crippen molar-refractivity contribution >= 4 is 5.97 Å². The Kier molecular flexibility index (Phi) is 8.41. The van der Waals surface area contributed by atoms with Gasteiger partial charge in [-0.25, -0.2) is 4.79 Å². The average molecular weight is 447 g/mol. The molecule has 0 aromatic carbocycles. The van der Waals surface area contributed by atoms with Crippen molar-refractivity contribution in [2.45, 2.75) is 63.8 Å². The van der Waals surface area contributed by atoms with E-state index in [1.165, 1.54) is 44.1 Å². The first-order valence-electron chi connectivity index (χ1n) is 11.0. The zero-order valence-electron chi connectivity index (χ0n) is 17.7. The molecule has 2 saturated heterocycles. The van der Waals surface area contributed by atoms with E-state index in [0.717, 1.165) is 51.8 Å². The van der Waals surface area contributed by atoms with Crippen LogP contribution in [0.3, 0.4) is 0 Å². The van der Waals surface area contributed by atoms with Crippen LogP contribution in [0.5, 0.6) is 0 Å². The fraction of sp³-hybridized carbons (Fsp3) is 0.773. The first-order chi connectivity index (χ1) is 14.8. The van der Waals surface area contributed by atoms with Crippen molar-refractivity contribution in [3.8, 4) is 0 Å². The summed E-state index contributed by atoms with van der Waals surface area (Å²) in [5, 5.41) is 7.12. The number of hydrogen-bond acceptors (Lipinski definition) is 5. The fourth-order valence-electron chi connectivity index (χ4n) is 4.97. The first-order valence-corrected chi connectivity index (χ1v) is 11.0. The fourth-order valence-corrected chi connectivity index (χ4v) is 4.97. The van der Waals surface area contributed by atoms with Crippen molar-refractivity contribution in [3.63, 3.8) is 0 Å². The van der Waals surface area contributed by atoms with Gasteiger partial charge in [0.15, 0.2) is 0 Å². The third-order valence-corrected chi connectivity index (χ3v) is 6.51. The molecular formula is C22H32F3NO5. The van der Waals surface area contributed by atoms with Gasteiger partial charge in [0.05, 0.1) is 25.2 Å². The molecule has 6 nitrogen and oxygen atoms in total. The van der Waals surface area contributed by atoms with Crippen LogP contribution < -0.4 is 0 Å². The largest absolute Gasteiger partial charge is 0.490 e. The molecule has 2 aliphatic heterocycles. The highest BCUT2D eigenvalue weighted by Gasteiger charge is 2.46. The Bertz CT molecular complexity index is 675. The van der Waals surface area contributed by atoms with Gasteiger partial charge in [-0.05, 0) is 44.1 Å². The number of carboxylic acids is 1. The summed E-state index contributed by atoms with van der Waals surface area (Å²) in [5.41, 5.74) is 1.46. The van der Waals surface area contributed by atoms with Crippen LogP contribution in [0.4, 0.5) is 13.2 Å². The number of rotatable bonds is 6. The minimum atomic E-state index is -5.08. The van der Waals surface area contributed by atoms with Crippen LogP contribution in [0.1, 0.15) is 50.5 Å². The van der Waals surface area contributed by atoms with E-state index in [-0.39, 0.29) is 5.41 Å². The predicted molar refractivity (Wildman–Crippen MR) is 106 cm³/mol. The Hall–Kier alpha value is -1.58. The van der Waals surface area contributed by atoms with Gasteiger partial charge in [-0.2, -0.15) is 13.2 Å². The molecule has 1 aromatic rings. The quantitative estimate of drug-likeness (QED) is 0.693. The van der Waals surface area contributed by atoms with Crippen LogP contribution in [0.25, 0.3) is 0 Å². The van der Waals surface area contributed by atoms with E-state index >= 15 is 0 Å². The van der Waals surface area contributed by atoms with E-state index in [9.17, 15) is 13.2 Å². The number of furan rings is 1. The molecule has 3 heterocycles. The molecule has 0 amide bonds. The van der Waals surface area contributed by atoms with E-state index in [2.05, 4.69) is 11.0 Å². The highest BCUT2D eigenvalue weighted by molar-refractivity contribution is 5.73. The molecule has 1 aromatic heterocycles. The highest BCUT2D eigenvalue weighted by atomic mass is 19.4. The van der Waals surface area contributed by atoms with Crippen LogP contribution >= 0.6 is 0 Å². The summed E-state index contributed by atoms with van der Waals surface area (Å²) >= 11 is 0. The van der Waals surface area contributed by atoms with Crippen LogP contribution in [0, 0.1) is 11.3 Å². The van der Waals surface area contributed by atoms with Crippen molar-refractivity contribution < 1.29 is 37.0 Å². The van der Waals surface area contributed by atoms with Crippen molar-refractivity contribution in [1.29, 1.82) is 0 Å². The minimum absolute atomic E-state index is 0.193. The van der Waals surface area contributed by atoms with E-state index in [1.807, 2.05) is 6.26 Å². The van der Waals surface area contributed by atoms with E-state index in [0.29, 0.717) is 6.10 Å². The second kappa shape index (κ2) is 10.8. The van der Waals surface area contributed by atoms with Gasteiger partial charge >= 0.3 is 12.1 Å². The molecule has 31 heavy (non-hydrogen) atoms. The molecule has 4 rings (SSSR count). The molecule has 2 unspecified atom stereocenters. The molecule has 1 N–H and O–H groups in total. The molecule has 1 aliphatic carbocycles. The summed E-state index contributed by atoms with van der Waals surface area (Å²) in [4.78, 5) is 11.5. The zero-order valence-corrected chi connectivity index (χ0v) is 17.7. The number of halogens is 3. The Morgan fingerprint density at radius 2 is 2.00 bits per heavy atom. The number of nitrogens with zero attached hydrogens (tertiary/aromatic N) is 1. The van der Waals surface area contributed by atoms with Gasteiger partial charge in [0.1, 0.15) is 0 Å². The normalized spacial score (nSPS) is 27.4. The summed E-state index contributed by atoms with van der Waals surface area (Å²) in [7, 11) is 0. The number of aliphatic carboxylic acids is 1. The van der Waals surface area contributed by atoms with E-state index in [4.69, 9.17) is 23.8 Å². The Morgan fingerprint density at radius 1 is 1.26 bits per heavy atom. The third kappa shape index (κ3) is 6.95. The molecule has 3 aliphatic rings. The summed E-state index contributed by atoms with van der Waals surface area (Å²) in [6.45, 7) is 5.93. The summed E-state index contributed by atoms with van der Waals surface area (Å²) in [6, 6.07) is 2.08. The van der Waals surface area contributed by atoms with Crippen molar-refractivity contribution in [2.75, 3.05) is 32.9 Å². The maximum Gasteiger partial charge on any atom is 0.490 e. The number of fused-ring (bicyclic) bond motifs is 1. The molecule has 0 spiro atoms. The smallest absolute Gasteiger partial charge is 0.475 e. The average Bonchev–Trinajstić information content (AvgIpc) is 3.42. The predicted octanol–water partition coefficient (Wildman–Crippen LogP) is 4.49. The second-order valence-corrected chi connectivity index (χ2v) is 8.92. The molecule has 9 heteroatoms. The highest BCUT2D eigenvalue weighted by Crippen LogP contribution is 2.41. The lowest BCUT2D eigenvalue weighted by Crippen LogP contribution is -2.56. The number of piperidine rings is 1. The monoisotopic (exact) mass is 447 g/mol. The molecular weight excluding hydrogens is 415 g/mol. The molecule has 2 atom stereocenters. The van der Waals surface area contributed by atoms with Gasteiger partial charge in [0, 0.05) is 43.8 Å². The lowest BCUT2D eigenvalue weighted by molar-refractivity contribution is -0.192. The summed E-state index contributed by atoms with van der Waals surface area (Å²) in [6.07, 6.45) is 7.98. The summed E-state index contributed by atoms with van der Waals surface area (Å²) in [5.74, 6) is -1.96. The first kappa shape index (κ1) is 24.1. The van der Waals surface area contributed by atoms with Crippen molar-refractivity contribution in [1.82, 2.24) is 4.90 Å². The molecule has 0 bridgehead atoms. The maximum atomic E-state index is 10.6. The van der Waals surface area contributed by atoms with Crippen LogP contribution in [0.2, 0.25) is 0 Å². The van der Waals surface area contributed by atoms with E-state index in [1.54, 1.807) is 6.26 Å². The molecule has 176 valence electrons. The SMILES string of the molecule is O=C(O)C(F)(F)F.c1cc(CN2CCC3OCCCC3(COCC3CCCC3)C2)co1. The van der Waals surface area contributed by atoms with Gasteiger partial charge in [-0.3, -0.25) is 4.90 Å².